The highest BCUT2D eigenvalue weighted by molar-refractivity contribution is 7.91. The molecule has 3 fully saturated rings. The molecule has 0 spiro atoms. The molecule has 0 radical (unpaired) electrons. The number of amides is 4. The van der Waals surface area contributed by atoms with Crippen molar-refractivity contribution >= 4 is 44.9 Å². The fourth-order valence-corrected chi connectivity index (χ4v) is 8.00. The van der Waals surface area contributed by atoms with Crippen LogP contribution in [0.3, 0.4) is 0 Å². The first kappa shape index (κ1) is 35.7. The van der Waals surface area contributed by atoms with E-state index in [0.717, 1.165) is 12.8 Å². The van der Waals surface area contributed by atoms with E-state index in [4.69, 9.17) is 13.9 Å². The van der Waals surface area contributed by atoms with E-state index in [9.17, 15) is 27.6 Å². The second-order valence-corrected chi connectivity index (χ2v) is 17.5. The van der Waals surface area contributed by atoms with Crippen LogP contribution in [0.2, 0.25) is 0 Å². The van der Waals surface area contributed by atoms with Gasteiger partial charge in [-0.05, 0) is 78.4 Å². The standard InChI is InChI=1S/C35H47N5O9S/c1-21-36-26-17-23(13-14-28(26)47-21)48-24-18-27-29(41)38-35(31(43)39-50(45,46)34(5)15-16-34)19-22(35)11-9-7-6-8-10-12-25(30(42)40(27)20-24)37-32(44)49-33(2,3)4/h9,11,13-14,17,22,24-25,27H,6-8,10,12,15-16,18-20H2,1-5H3,(H,37,44)(H,38,41)(H,39,43)/t22-,24-,25+,27+,35-/m1/s1. The van der Waals surface area contributed by atoms with Gasteiger partial charge in [0.2, 0.25) is 21.8 Å². The van der Waals surface area contributed by atoms with E-state index in [-0.39, 0.29) is 19.4 Å². The van der Waals surface area contributed by atoms with Crippen LogP contribution in [0, 0.1) is 12.8 Å². The quantitative estimate of drug-likeness (QED) is 0.372. The zero-order valence-corrected chi connectivity index (χ0v) is 30.1. The molecule has 2 saturated carbocycles. The molecule has 4 amide bonds. The fourth-order valence-electron chi connectivity index (χ4n) is 6.68. The van der Waals surface area contributed by atoms with E-state index in [2.05, 4.69) is 20.3 Å². The number of benzene rings is 1. The van der Waals surface area contributed by atoms with E-state index in [1.165, 1.54) is 4.90 Å². The lowest BCUT2D eigenvalue weighted by molar-refractivity contribution is -0.141. The summed E-state index contributed by atoms with van der Waals surface area (Å²) in [6.45, 7) is 8.54. The number of ether oxygens (including phenoxy) is 2. The highest BCUT2D eigenvalue weighted by Gasteiger charge is 2.63. The van der Waals surface area contributed by atoms with Crippen LogP contribution in [0.25, 0.3) is 11.1 Å². The third-order valence-corrected chi connectivity index (χ3v) is 12.1. The van der Waals surface area contributed by atoms with Crippen LogP contribution in [0.4, 0.5) is 4.79 Å². The van der Waals surface area contributed by atoms with Crippen LogP contribution in [0.15, 0.2) is 34.8 Å². The maximum atomic E-state index is 14.3. The minimum absolute atomic E-state index is 0.0224. The third-order valence-electron chi connectivity index (χ3n) is 9.93. The molecular weight excluding hydrogens is 666 g/mol. The fraction of sp³-hybridized carbons (Fsp3) is 0.629. The molecule has 14 nitrogen and oxygen atoms in total. The SMILES string of the molecule is Cc1nc2cc(O[C@@H]3C[C@H]4C(=O)N[C@]5(C(=O)NS(=O)(=O)C6(C)CC6)C[C@H]5C=CCCCCC[C@H](NC(=O)OC(C)(C)C)C(=O)N4C3)ccc2o1. The van der Waals surface area contributed by atoms with E-state index >= 15 is 0 Å². The molecule has 0 unspecified atom stereocenters. The number of fused-ring (bicyclic) bond motifs is 3. The van der Waals surface area contributed by atoms with E-state index < -0.39 is 73.8 Å². The average molecular weight is 714 g/mol. The van der Waals surface area contributed by atoms with Gasteiger partial charge < -0.3 is 29.4 Å². The molecule has 3 N–H and O–H groups in total. The number of aromatic nitrogens is 1. The molecule has 3 heterocycles. The smallest absolute Gasteiger partial charge is 0.408 e. The van der Waals surface area contributed by atoms with Gasteiger partial charge >= 0.3 is 6.09 Å². The number of aryl methyl sites for hydroxylation is 1. The van der Waals surface area contributed by atoms with Crippen LogP contribution in [-0.4, -0.2) is 82.7 Å². The number of sulfonamides is 1. The summed E-state index contributed by atoms with van der Waals surface area (Å²) in [5, 5.41) is 5.60. The minimum Gasteiger partial charge on any atom is -0.488 e. The van der Waals surface area contributed by atoms with Crippen LogP contribution >= 0.6 is 0 Å². The van der Waals surface area contributed by atoms with Gasteiger partial charge in [0.25, 0.3) is 5.91 Å². The summed E-state index contributed by atoms with van der Waals surface area (Å²) in [4.78, 5) is 60.9. The maximum absolute atomic E-state index is 14.3. The number of allylic oxidation sites excluding steroid dienone is 1. The Labute approximate surface area is 292 Å². The molecule has 5 atom stereocenters. The maximum Gasteiger partial charge on any atom is 0.408 e. The van der Waals surface area contributed by atoms with Gasteiger partial charge in [0.05, 0.1) is 11.3 Å². The van der Waals surface area contributed by atoms with E-state index in [1.54, 1.807) is 52.8 Å². The monoisotopic (exact) mass is 713 g/mol. The Morgan fingerprint density at radius 1 is 1.14 bits per heavy atom. The Kier molecular flexibility index (Phi) is 9.42. The molecule has 15 heteroatoms. The first-order valence-electron chi connectivity index (χ1n) is 17.4. The van der Waals surface area contributed by atoms with Gasteiger partial charge in [0.1, 0.15) is 40.6 Å². The van der Waals surface area contributed by atoms with Crippen LogP contribution in [-0.2, 0) is 29.1 Å². The zero-order valence-electron chi connectivity index (χ0n) is 29.2. The van der Waals surface area contributed by atoms with Crippen molar-refractivity contribution in [3.63, 3.8) is 0 Å². The Morgan fingerprint density at radius 2 is 1.90 bits per heavy atom. The number of carbonyl (C=O) groups is 4. The van der Waals surface area contributed by atoms with Crippen LogP contribution in [0.1, 0.15) is 91.4 Å². The molecule has 1 aromatic carbocycles. The van der Waals surface area contributed by atoms with Crippen molar-refractivity contribution in [1.29, 1.82) is 0 Å². The highest BCUT2D eigenvalue weighted by atomic mass is 32.2. The summed E-state index contributed by atoms with van der Waals surface area (Å²) in [5.41, 5.74) is -1.10. The van der Waals surface area contributed by atoms with Crippen molar-refractivity contribution in [3.8, 4) is 5.75 Å². The van der Waals surface area contributed by atoms with Crippen LogP contribution in [0.5, 0.6) is 5.75 Å². The molecule has 1 saturated heterocycles. The van der Waals surface area contributed by atoms with Gasteiger partial charge in [0, 0.05) is 25.3 Å². The zero-order chi connectivity index (χ0) is 36.1. The van der Waals surface area contributed by atoms with Gasteiger partial charge in [-0.15, -0.1) is 0 Å². The number of nitrogens with one attached hydrogen (secondary N) is 3. The summed E-state index contributed by atoms with van der Waals surface area (Å²) < 4.78 is 44.7. The van der Waals surface area contributed by atoms with Crippen molar-refractivity contribution in [2.24, 2.45) is 5.92 Å². The molecule has 2 aliphatic carbocycles. The lowest BCUT2D eigenvalue weighted by atomic mass is 10.0. The number of hydrogen-bond donors (Lipinski definition) is 3. The van der Waals surface area contributed by atoms with Crippen molar-refractivity contribution < 1.29 is 41.5 Å². The third kappa shape index (κ3) is 7.62. The molecule has 50 heavy (non-hydrogen) atoms. The number of rotatable bonds is 6. The molecule has 2 aromatic rings. The number of oxazole rings is 1. The summed E-state index contributed by atoms with van der Waals surface area (Å²) in [6.07, 6.45) is 6.85. The first-order chi connectivity index (χ1) is 23.5. The van der Waals surface area contributed by atoms with Gasteiger partial charge in [-0.25, -0.2) is 18.2 Å². The molecule has 4 aliphatic rings. The highest BCUT2D eigenvalue weighted by Crippen LogP contribution is 2.47. The number of nitrogens with zero attached hydrogens (tertiary/aromatic N) is 2. The van der Waals surface area contributed by atoms with Gasteiger partial charge in [-0.3, -0.25) is 19.1 Å². The largest absolute Gasteiger partial charge is 0.488 e. The second-order valence-electron chi connectivity index (χ2n) is 15.3. The van der Waals surface area contributed by atoms with Crippen molar-refractivity contribution in [2.75, 3.05) is 6.54 Å². The Bertz CT molecular complexity index is 1810. The van der Waals surface area contributed by atoms with E-state index in [0.29, 0.717) is 54.8 Å². The van der Waals surface area contributed by atoms with Crippen molar-refractivity contribution in [3.05, 3.63) is 36.2 Å². The summed E-state index contributed by atoms with van der Waals surface area (Å²) >= 11 is 0. The lowest BCUT2D eigenvalue weighted by Crippen LogP contribution is -2.58. The number of hydrogen-bond acceptors (Lipinski definition) is 10. The molecule has 2 aliphatic heterocycles. The van der Waals surface area contributed by atoms with Gasteiger partial charge in [-0.2, -0.15) is 0 Å². The van der Waals surface area contributed by atoms with Crippen molar-refractivity contribution in [2.45, 2.75) is 126 Å². The van der Waals surface area contributed by atoms with E-state index in [1.807, 2.05) is 12.2 Å². The Morgan fingerprint density at radius 3 is 2.62 bits per heavy atom. The predicted molar refractivity (Wildman–Crippen MR) is 182 cm³/mol. The summed E-state index contributed by atoms with van der Waals surface area (Å²) in [5.74, 6) is -1.33. The predicted octanol–water partition coefficient (Wildman–Crippen LogP) is 3.77. The van der Waals surface area contributed by atoms with Crippen LogP contribution < -0.4 is 20.1 Å². The lowest BCUT2D eigenvalue weighted by Gasteiger charge is -2.30. The summed E-state index contributed by atoms with van der Waals surface area (Å²) in [7, 11) is -3.97. The molecule has 0 bridgehead atoms. The molecular formula is C35H47N5O9S. The molecule has 1 aromatic heterocycles. The van der Waals surface area contributed by atoms with Crippen molar-refractivity contribution in [1.82, 2.24) is 25.2 Å². The average Bonchev–Trinajstić information content (AvgIpc) is 3.84. The van der Waals surface area contributed by atoms with Gasteiger partial charge in [0.15, 0.2) is 11.5 Å². The minimum atomic E-state index is -3.97. The first-order valence-corrected chi connectivity index (χ1v) is 18.9. The summed E-state index contributed by atoms with van der Waals surface area (Å²) in [6, 6.07) is 3.11. The second kappa shape index (κ2) is 13.2. The molecule has 272 valence electrons. The Balaban J connectivity index is 1.29. The van der Waals surface area contributed by atoms with Gasteiger partial charge in [-0.1, -0.05) is 25.0 Å². The topological polar surface area (TPSA) is 186 Å². The Hall–Kier alpha value is -4.14. The molecule has 6 rings (SSSR count). The number of alkyl carbamates (subject to hydrolysis) is 1. The number of carbonyl (C=O) groups excluding carboxylic acids is 4. The normalized spacial score (nSPS) is 28.4.